The Morgan fingerprint density at radius 2 is 1.83 bits per heavy atom. The summed E-state index contributed by atoms with van der Waals surface area (Å²) in [5, 5.41) is 3.53. The van der Waals surface area contributed by atoms with E-state index >= 15 is 0 Å². The number of halogens is 2. The highest BCUT2D eigenvalue weighted by molar-refractivity contribution is 9.10. The molecule has 4 rings (SSSR count). The van der Waals surface area contributed by atoms with E-state index in [0.717, 1.165) is 15.6 Å². The van der Waals surface area contributed by atoms with E-state index in [4.69, 9.17) is 16.0 Å². The van der Waals surface area contributed by atoms with Crippen LogP contribution in [-0.4, -0.2) is 10.9 Å². The van der Waals surface area contributed by atoms with Crippen LogP contribution in [0.5, 0.6) is 0 Å². The molecule has 3 aromatic carbocycles. The lowest BCUT2D eigenvalue weighted by Crippen LogP contribution is -2.23. The Balaban J connectivity index is 1.59. The molecule has 144 valence electrons. The number of amides is 1. The first kappa shape index (κ1) is 19.4. The molecular weight excluding hydrogens is 452 g/mol. The third-order valence-electron chi connectivity index (χ3n) is 4.41. The van der Waals surface area contributed by atoms with Crippen LogP contribution in [-0.2, 0) is 6.54 Å². The first-order valence-corrected chi connectivity index (χ1v) is 10.1. The fourth-order valence-corrected chi connectivity index (χ4v) is 3.56. The van der Waals surface area contributed by atoms with Gasteiger partial charge >= 0.3 is 0 Å². The highest BCUT2D eigenvalue weighted by Crippen LogP contribution is 2.29. The molecule has 4 nitrogen and oxygen atoms in total. The van der Waals surface area contributed by atoms with Crippen molar-refractivity contribution in [1.82, 2.24) is 10.3 Å². The maximum atomic E-state index is 12.8. The Morgan fingerprint density at radius 3 is 2.66 bits per heavy atom. The quantitative estimate of drug-likeness (QED) is 0.372. The van der Waals surface area contributed by atoms with Gasteiger partial charge in [0.05, 0.1) is 11.8 Å². The predicted molar refractivity (Wildman–Crippen MR) is 118 cm³/mol. The Hall–Kier alpha value is -2.89. The van der Waals surface area contributed by atoms with Gasteiger partial charge in [0.25, 0.3) is 5.91 Å². The van der Waals surface area contributed by atoms with Crippen LogP contribution in [0.1, 0.15) is 15.9 Å². The predicted octanol–water partition coefficient (Wildman–Crippen LogP) is 6.35. The number of aromatic nitrogens is 1. The maximum Gasteiger partial charge on any atom is 0.252 e. The highest BCUT2D eigenvalue weighted by Gasteiger charge is 2.17. The van der Waals surface area contributed by atoms with Gasteiger partial charge in [-0.15, -0.1) is 0 Å². The summed E-state index contributed by atoms with van der Waals surface area (Å²) in [5.74, 6) is 0.804. The molecule has 0 unspecified atom stereocenters. The van der Waals surface area contributed by atoms with Crippen molar-refractivity contribution >= 4 is 33.4 Å². The van der Waals surface area contributed by atoms with E-state index in [2.05, 4.69) is 26.2 Å². The molecule has 1 amide bonds. The van der Waals surface area contributed by atoms with Crippen molar-refractivity contribution in [3.63, 3.8) is 0 Å². The van der Waals surface area contributed by atoms with Crippen molar-refractivity contribution in [1.29, 1.82) is 0 Å². The summed E-state index contributed by atoms with van der Waals surface area (Å²) in [4.78, 5) is 17.2. The van der Waals surface area contributed by atoms with Crippen LogP contribution >= 0.6 is 27.5 Å². The van der Waals surface area contributed by atoms with Crippen LogP contribution in [0.15, 0.2) is 87.9 Å². The summed E-state index contributed by atoms with van der Waals surface area (Å²) in [6.07, 6.45) is 1.66. The molecule has 0 aliphatic heterocycles. The molecule has 0 bridgehead atoms. The van der Waals surface area contributed by atoms with E-state index in [9.17, 15) is 4.79 Å². The molecule has 6 heteroatoms. The number of hydrogen-bond donors (Lipinski definition) is 1. The van der Waals surface area contributed by atoms with E-state index in [-0.39, 0.29) is 5.91 Å². The molecule has 1 aromatic heterocycles. The average molecular weight is 468 g/mol. The van der Waals surface area contributed by atoms with Crippen molar-refractivity contribution in [3.8, 4) is 22.8 Å². The van der Waals surface area contributed by atoms with E-state index < -0.39 is 0 Å². The van der Waals surface area contributed by atoms with Gasteiger partial charge in [0, 0.05) is 27.2 Å². The van der Waals surface area contributed by atoms with Crippen LogP contribution in [0.25, 0.3) is 22.8 Å². The highest BCUT2D eigenvalue weighted by atomic mass is 79.9. The fraction of sp³-hybridized carbons (Fsp3) is 0.0435. The SMILES string of the molecule is O=C(NCc1ccccc1Cl)c1ccccc1-c1ncc(-c2cccc(Br)c2)o1. The first-order valence-electron chi connectivity index (χ1n) is 8.94. The number of nitrogens with zero attached hydrogens (tertiary/aromatic N) is 1. The van der Waals surface area contributed by atoms with Crippen molar-refractivity contribution in [3.05, 3.63) is 99.6 Å². The molecule has 0 spiro atoms. The molecule has 0 saturated carbocycles. The molecule has 1 heterocycles. The lowest BCUT2D eigenvalue weighted by atomic mass is 10.1. The number of hydrogen-bond acceptors (Lipinski definition) is 3. The van der Waals surface area contributed by atoms with Gasteiger partial charge in [-0.05, 0) is 35.9 Å². The molecule has 29 heavy (non-hydrogen) atoms. The third kappa shape index (κ3) is 4.42. The number of carbonyl (C=O) groups is 1. The summed E-state index contributed by atoms with van der Waals surface area (Å²) in [5.41, 5.74) is 2.87. The van der Waals surface area contributed by atoms with E-state index in [1.165, 1.54) is 0 Å². The minimum Gasteiger partial charge on any atom is -0.436 e. The number of rotatable bonds is 5. The van der Waals surface area contributed by atoms with E-state index in [0.29, 0.717) is 34.3 Å². The zero-order valence-electron chi connectivity index (χ0n) is 15.2. The van der Waals surface area contributed by atoms with Crippen molar-refractivity contribution < 1.29 is 9.21 Å². The number of benzene rings is 3. The molecule has 0 aliphatic rings. The van der Waals surface area contributed by atoms with Gasteiger partial charge < -0.3 is 9.73 Å². The molecular formula is C23H16BrClN2O2. The Bertz CT molecular complexity index is 1170. The second-order valence-electron chi connectivity index (χ2n) is 6.36. The Labute approximate surface area is 181 Å². The summed E-state index contributed by atoms with van der Waals surface area (Å²) in [6, 6.07) is 22.4. The van der Waals surface area contributed by atoms with Crippen molar-refractivity contribution in [2.24, 2.45) is 0 Å². The second-order valence-corrected chi connectivity index (χ2v) is 7.68. The van der Waals surface area contributed by atoms with E-state index in [1.807, 2.05) is 60.7 Å². The Morgan fingerprint density at radius 1 is 1.03 bits per heavy atom. The zero-order valence-corrected chi connectivity index (χ0v) is 17.6. The minimum atomic E-state index is -0.220. The normalized spacial score (nSPS) is 10.7. The topological polar surface area (TPSA) is 55.1 Å². The summed E-state index contributed by atoms with van der Waals surface area (Å²) >= 11 is 9.63. The summed E-state index contributed by atoms with van der Waals surface area (Å²) in [6.45, 7) is 0.335. The van der Waals surface area contributed by atoms with Gasteiger partial charge in [-0.3, -0.25) is 4.79 Å². The third-order valence-corrected chi connectivity index (χ3v) is 5.28. The molecule has 4 aromatic rings. The lowest BCUT2D eigenvalue weighted by molar-refractivity contribution is 0.0951. The molecule has 0 radical (unpaired) electrons. The van der Waals surface area contributed by atoms with Crippen LogP contribution in [0.4, 0.5) is 0 Å². The average Bonchev–Trinajstić information content (AvgIpc) is 3.23. The lowest BCUT2D eigenvalue weighted by Gasteiger charge is -2.09. The molecule has 0 fully saturated rings. The number of oxazole rings is 1. The summed E-state index contributed by atoms with van der Waals surface area (Å²) < 4.78 is 6.90. The maximum absolute atomic E-state index is 12.8. The zero-order chi connectivity index (χ0) is 20.2. The van der Waals surface area contributed by atoms with Crippen LogP contribution in [0.3, 0.4) is 0 Å². The number of nitrogens with one attached hydrogen (secondary N) is 1. The number of carbonyl (C=O) groups excluding carboxylic acids is 1. The standard InChI is InChI=1S/C23H16BrClN2O2/c24-17-8-5-7-15(12-17)21-14-27-23(29-21)19-10-3-2-9-18(19)22(28)26-13-16-6-1-4-11-20(16)25/h1-12,14H,13H2,(H,26,28). The van der Waals surface area contributed by atoms with E-state index in [1.54, 1.807) is 18.3 Å². The van der Waals surface area contributed by atoms with Gasteiger partial charge in [-0.25, -0.2) is 4.98 Å². The van der Waals surface area contributed by atoms with Crippen LogP contribution in [0, 0.1) is 0 Å². The largest absolute Gasteiger partial charge is 0.436 e. The monoisotopic (exact) mass is 466 g/mol. The molecule has 1 N–H and O–H groups in total. The van der Waals surface area contributed by atoms with Crippen LogP contribution in [0.2, 0.25) is 5.02 Å². The van der Waals surface area contributed by atoms with Gasteiger partial charge in [-0.2, -0.15) is 0 Å². The van der Waals surface area contributed by atoms with Gasteiger partial charge in [0.1, 0.15) is 0 Å². The van der Waals surface area contributed by atoms with Gasteiger partial charge in [-0.1, -0.05) is 70.0 Å². The summed E-state index contributed by atoms with van der Waals surface area (Å²) in [7, 11) is 0. The van der Waals surface area contributed by atoms with Gasteiger partial charge in [0.15, 0.2) is 5.76 Å². The van der Waals surface area contributed by atoms with Crippen molar-refractivity contribution in [2.45, 2.75) is 6.54 Å². The fourth-order valence-electron chi connectivity index (χ4n) is 2.95. The Kier molecular flexibility index (Phi) is 5.79. The molecule has 0 saturated heterocycles. The smallest absolute Gasteiger partial charge is 0.252 e. The molecule has 0 atom stereocenters. The second kappa shape index (κ2) is 8.64. The minimum absolute atomic E-state index is 0.220. The van der Waals surface area contributed by atoms with Gasteiger partial charge in [0.2, 0.25) is 5.89 Å². The first-order chi connectivity index (χ1) is 14.1. The van der Waals surface area contributed by atoms with Crippen LogP contribution < -0.4 is 5.32 Å². The van der Waals surface area contributed by atoms with Crippen molar-refractivity contribution in [2.75, 3.05) is 0 Å². The molecule has 0 aliphatic carbocycles.